The Morgan fingerprint density at radius 1 is 1.06 bits per heavy atom. The van der Waals surface area contributed by atoms with Crippen LogP contribution in [0.2, 0.25) is 0 Å². The van der Waals surface area contributed by atoms with Crippen molar-refractivity contribution >= 4 is 6.09 Å². The number of aliphatic hydroxyl groups excluding tert-OH is 2. The molecule has 0 aromatic rings. The number of hydrogen-bond acceptors (Lipinski definition) is 6. The molecule has 2 N–H and O–H groups in total. The molecule has 102 valence electrons. The summed E-state index contributed by atoms with van der Waals surface area (Å²) in [7, 11) is 0. The summed E-state index contributed by atoms with van der Waals surface area (Å²) in [4.78, 5) is 12.6. The topological polar surface area (TPSA) is 88.5 Å². The molecule has 0 rings (SSSR count). The van der Waals surface area contributed by atoms with E-state index in [1.54, 1.807) is 13.8 Å². The summed E-state index contributed by atoms with van der Waals surface area (Å²) < 4.78 is 14.7. The minimum Gasteiger partial charge on any atom is -0.447 e. The Balaban J connectivity index is 4.22. The smallest absolute Gasteiger partial charge is 0.413 e. The highest BCUT2D eigenvalue weighted by Gasteiger charge is 2.18. The molecule has 0 aliphatic heterocycles. The lowest BCUT2D eigenvalue weighted by Crippen LogP contribution is -2.38. The lowest BCUT2D eigenvalue weighted by atomic mass is 10.5. The molecule has 0 radical (unpaired) electrons. The highest BCUT2D eigenvalue weighted by molar-refractivity contribution is 5.67. The van der Waals surface area contributed by atoms with E-state index >= 15 is 0 Å². The Hall–Kier alpha value is -0.890. The number of nitrogens with zero attached hydrogens (tertiary/aromatic N) is 1. The van der Waals surface area contributed by atoms with E-state index in [0.717, 1.165) is 4.90 Å². The maximum Gasteiger partial charge on any atom is 0.413 e. The third kappa shape index (κ3) is 8.87. The molecule has 0 aromatic carbocycles. The van der Waals surface area contributed by atoms with Crippen LogP contribution >= 0.6 is 0 Å². The molecule has 0 aromatic heterocycles. The second kappa shape index (κ2) is 8.24. The van der Waals surface area contributed by atoms with Crippen molar-refractivity contribution in [3.05, 3.63) is 0 Å². The van der Waals surface area contributed by atoms with E-state index in [9.17, 15) is 4.79 Å². The Kier molecular flexibility index (Phi) is 7.81. The third-order valence-electron chi connectivity index (χ3n) is 1.54. The van der Waals surface area contributed by atoms with Gasteiger partial charge in [-0.3, -0.25) is 4.90 Å². The van der Waals surface area contributed by atoms with Gasteiger partial charge in [-0.1, -0.05) is 0 Å². The predicted octanol–water partition coefficient (Wildman–Crippen LogP) is 0.458. The van der Waals surface area contributed by atoms with Crippen LogP contribution in [0.1, 0.15) is 27.7 Å². The lowest BCUT2D eigenvalue weighted by Gasteiger charge is -2.24. The Bertz CT molecular complexity index is 207. The summed E-state index contributed by atoms with van der Waals surface area (Å²) >= 11 is 0. The predicted molar refractivity (Wildman–Crippen MR) is 58.7 cm³/mol. The Labute approximate surface area is 101 Å². The molecule has 0 bridgehead atoms. The number of hydrogen-bond donors (Lipinski definition) is 2. The van der Waals surface area contributed by atoms with Gasteiger partial charge in [0.15, 0.2) is 12.6 Å². The zero-order valence-corrected chi connectivity index (χ0v) is 10.6. The van der Waals surface area contributed by atoms with Crippen LogP contribution in [-0.4, -0.2) is 53.4 Å². The molecule has 0 spiro atoms. The molecule has 7 heteroatoms. The molecule has 2 unspecified atom stereocenters. The van der Waals surface area contributed by atoms with Gasteiger partial charge in [-0.2, -0.15) is 0 Å². The van der Waals surface area contributed by atoms with Gasteiger partial charge in [0.1, 0.15) is 13.5 Å². The van der Waals surface area contributed by atoms with Crippen molar-refractivity contribution in [2.45, 2.75) is 46.4 Å². The molecule has 0 aliphatic rings. The van der Waals surface area contributed by atoms with Gasteiger partial charge < -0.3 is 24.4 Å². The van der Waals surface area contributed by atoms with E-state index in [0.29, 0.717) is 0 Å². The molecule has 0 saturated carbocycles. The van der Waals surface area contributed by atoms with Crippen molar-refractivity contribution in [1.82, 2.24) is 4.90 Å². The maximum atomic E-state index is 11.6. The maximum absolute atomic E-state index is 11.6. The second-order valence-corrected chi connectivity index (χ2v) is 3.76. The fourth-order valence-electron chi connectivity index (χ4n) is 0.815. The van der Waals surface area contributed by atoms with E-state index in [2.05, 4.69) is 0 Å². The zero-order chi connectivity index (χ0) is 13.4. The minimum absolute atomic E-state index is 0.185. The molecule has 0 fully saturated rings. The van der Waals surface area contributed by atoms with Gasteiger partial charge in [-0.15, -0.1) is 0 Å². The zero-order valence-electron chi connectivity index (χ0n) is 10.6. The summed E-state index contributed by atoms with van der Waals surface area (Å²) in [5.74, 6) is 0. The van der Waals surface area contributed by atoms with Gasteiger partial charge in [-0.05, 0) is 27.7 Å². The molecule has 0 heterocycles. The first-order chi connectivity index (χ1) is 7.82. The van der Waals surface area contributed by atoms with Crippen molar-refractivity contribution in [3.63, 3.8) is 0 Å². The first kappa shape index (κ1) is 16.1. The van der Waals surface area contributed by atoms with Crippen LogP contribution in [0.25, 0.3) is 0 Å². The summed E-state index contributed by atoms with van der Waals surface area (Å²) in [6, 6.07) is 0. The van der Waals surface area contributed by atoms with Gasteiger partial charge >= 0.3 is 6.09 Å². The third-order valence-corrected chi connectivity index (χ3v) is 1.54. The summed E-state index contributed by atoms with van der Waals surface area (Å²) in [6.07, 6.45) is -2.92. The molecule has 0 aliphatic carbocycles. The summed E-state index contributed by atoms with van der Waals surface area (Å²) in [5, 5.41) is 17.9. The van der Waals surface area contributed by atoms with Crippen LogP contribution in [-0.2, 0) is 14.2 Å². The van der Waals surface area contributed by atoms with Crippen molar-refractivity contribution in [2.75, 3.05) is 13.5 Å². The largest absolute Gasteiger partial charge is 0.447 e. The lowest BCUT2D eigenvalue weighted by molar-refractivity contribution is -0.161. The first-order valence-corrected chi connectivity index (χ1v) is 5.37. The van der Waals surface area contributed by atoms with Gasteiger partial charge in [0.2, 0.25) is 0 Å². The summed E-state index contributed by atoms with van der Waals surface area (Å²) in [6.45, 7) is 5.89. The van der Waals surface area contributed by atoms with Gasteiger partial charge in [0.05, 0.1) is 6.10 Å². The van der Waals surface area contributed by atoms with Gasteiger partial charge in [0, 0.05) is 0 Å². The van der Waals surface area contributed by atoms with Gasteiger partial charge in [0.25, 0.3) is 0 Å². The van der Waals surface area contributed by atoms with Crippen LogP contribution in [0.15, 0.2) is 0 Å². The molecular formula is C10H21NO6. The number of amides is 1. The van der Waals surface area contributed by atoms with Crippen molar-refractivity contribution < 1.29 is 29.2 Å². The highest BCUT2D eigenvalue weighted by Crippen LogP contribution is 2.01. The Morgan fingerprint density at radius 3 is 1.76 bits per heavy atom. The normalized spacial score (nSPS) is 14.5. The highest BCUT2D eigenvalue weighted by atomic mass is 16.6. The SMILES string of the molecule is CC(C)OC(=O)N(COC(C)O)COC(C)O. The number of aliphatic hydroxyl groups is 2. The number of ether oxygens (including phenoxy) is 3. The monoisotopic (exact) mass is 251 g/mol. The average molecular weight is 251 g/mol. The van der Waals surface area contributed by atoms with Crippen molar-refractivity contribution in [3.8, 4) is 0 Å². The quantitative estimate of drug-likeness (QED) is 0.639. The fourth-order valence-corrected chi connectivity index (χ4v) is 0.815. The van der Waals surface area contributed by atoms with Crippen LogP contribution in [0.3, 0.4) is 0 Å². The van der Waals surface area contributed by atoms with E-state index in [1.165, 1.54) is 13.8 Å². The van der Waals surface area contributed by atoms with Crippen LogP contribution in [0, 0.1) is 0 Å². The van der Waals surface area contributed by atoms with Gasteiger partial charge in [-0.25, -0.2) is 4.79 Å². The molecule has 7 nitrogen and oxygen atoms in total. The minimum atomic E-state index is -1.00. The number of carbonyl (C=O) groups is 1. The van der Waals surface area contributed by atoms with Crippen molar-refractivity contribution in [1.29, 1.82) is 0 Å². The molecule has 0 saturated heterocycles. The van der Waals surface area contributed by atoms with E-state index in [-0.39, 0.29) is 19.6 Å². The summed E-state index contributed by atoms with van der Waals surface area (Å²) in [5.41, 5.74) is 0. The number of rotatable bonds is 7. The first-order valence-electron chi connectivity index (χ1n) is 5.37. The molecule has 1 amide bonds. The molecule has 2 atom stereocenters. The fraction of sp³-hybridized carbons (Fsp3) is 0.900. The number of carbonyl (C=O) groups excluding carboxylic acids is 1. The standard InChI is InChI=1S/C10H21NO6/c1-7(2)17-10(14)11(5-15-8(3)12)6-16-9(4)13/h7-9,12-13H,5-6H2,1-4H3. The van der Waals surface area contributed by atoms with E-state index in [1.807, 2.05) is 0 Å². The molecule has 17 heavy (non-hydrogen) atoms. The Morgan fingerprint density at radius 2 is 1.47 bits per heavy atom. The van der Waals surface area contributed by atoms with Crippen molar-refractivity contribution in [2.24, 2.45) is 0 Å². The van der Waals surface area contributed by atoms with Crippen LogP contribution in [0.4, 0.5) is 4.79 Å². The van der Waals surface area contributed by atoms with Crippen LogP contribution < -0.4 is 0 Å². The molecular weight excluding hydrogens is 230 g/mol. The second-order valence-electron chi connectivity index (χ2n) is 3.76. The average Bonchev–Trinajstić information content (AvgIpc) is 2.15. The van der Waals surface area contributed by atoms with Crippen LogP contribution in [0.5, 0.6) is 0 Å². The van der Waals surface area contributed by atoms with E-state index < -0.39 is 18.7 Å². The van der Waals surface area contributed by atoms with E-state index in [4.69, 9.17) is 24.4 Å².